The van der Waals surface area contributed by atoms with Crippen LogP contribution < -0.4 is 4.90 Å². The van der Waals surface area contributed by atoms with Crippen molar-refractivity contribution in [2.75, 3.05) is 17.3 Å². The van der Waals surface area contributed by atoms with E-state index in [0.29, 0.717) is 12.3 Å². The molecular formula is C13H16ClNO. The van der Waals surface area contributed by atoms with Crippen LogP contribution >= 0.6 is 11.6 Å². The van der Waals surface area contributed by atoms with Crippen molar-refractivity contribution in [2.24, 2.45) is 0 Å². The van der Waals surface area contributed by atoms with Crippen LogP contribution in [0.4, 0.5) is 5.69 Å². The van der Waals surface area contributed by atoms with Crippen molar-refractivity contribution in [1.82, 2.24) is 0 Å². The highest BCUT2D eigenvalue weighted by Gasteiger charge is 2.23. The smallest absolute Gasteiger partial charge is 0.228 e. The number of aryl methyl sites for hydroxylation is 2. The topological polar surface area (TPSA) is 20.3 Å². The molecule has 0 spiro atoms. The van der Waals surface area contributed by atoms with Gasteiger partial charge >= 0.3 is 0 Å². The largest absolute Gasteiger partial charge is 0.312 e. The predicted molar refractivity (Wildman–Crippen MR) is 67.2 cm³/mol. The van der Waals surface area contributed by atoms with Crippen LogP contribution in [0.1, 0.15) is 24.0 Å². The van der Waals surface area contributed by atoms with E-state index in [1.807, 2.05) is 4.90 Å². The van der Waals surface area contributed by atoms with Gasteiger partial charge in [-0.3, -0.25) is 4.79 Å². The number of amides is 1. The number of rotatable bonds is 2. The Bertz CT molecular complexity index is 403. The van der Waals surface area contributed by atoms with Gasteiger partial charge in [-0.1, -0.05) is 18.2 Å². The van der Waals surface area contributed by atoms with Crippen molar-refractivity contribution in [3.05, 3.63) is 29.3 Å². The van der Waals surface area contributed by atoms with Crippen LogP contribution in [0.5, 0.6) is 0 Å². The maximum atomic E-state index is 12.0. The molecule has 16 heavy (non-hydrogen) atoms. The average Bonchev–Trinajstić information content (AvgIpc) is 2.29. The number of benzene rings is 1. The molecule has 1 aliphatic heterocycles. The normalized spacial score (nSPS) is 14.8. The Morgan fingerprint density at radius 1 is 1.50 bits per heavy atom. The Hall–Kier alpha value is -1.02. The molecule has 1 aromatic rings. The number of para-hydroxylation sites is 1. The maximum absolute atomic E-state index is 12.0. The van der Waals surface area contributed by atoms with Gasteiger partial charge in [0.2, 0.25) is 5.91 Å². The first-order valence-corrected chi connectivity index (χ1v) is 6.22. The van der Waals surface area contributed by atoms with Gasteiger partial charge in [0.05, 0.1) is 0 Å². The van der Waals surface area contributed by atoms with Gasteiger partial charge in [0.25, 0.3) is 0 Å². The molecule has 1 heterocycles. The highest BCUT2D eigenvalue weighted by atomic mass is 35.5. The molecule has 0 aliphatic carbocycles. The Kier molecular flexibility index (Phi) is 3.49. The zero-order chi connectivity index (χ0) is 11.5. The van der Waals surface area contributed by atoms with Gasteiger partial charge in [-0.15, -0.1) is 11.6 Å². The lowest BCUT2D eigenvalue weighted by atomic mass is 9.98. The third kappa shape index (κ3) is 2.07. The molecule has 0 N–H and O–H groups in total. The molecule has 1 aromatic carbocycles. The lowest BCUT2D eigenvalue weighted by Gasteiger charge is -2.31. The minimum Gasteiger partial charge on any atom is -0.312 e. The van der Waals surface area contributed by atoms with Gasteiger partial charge in [0.15, 0.2) is 0 Å². The second kappa shape index (κ2) is 4.88. The number of hydrogen-bond donors (Lipinski definition) is 0. The monoisotopic (exact) mass is 237 g/mol. The van der Waals surface area contributed by atoms with E-state index in [1.165, 1.54) is 11.1 Å². The Balaban J connectivity index is 2.35. The highest BCUT2D eigenvalue weighted by molar-refractivity contribution is 6.19. The third-order valence-electron chi connectivity index (χ3n) is 3.03. The molecule has 0 atom stereocenters. The van der Waals surface area contributed by atoms with Gasteiger partial charge < -0.3 is 4.90 Å². The molecule has 0 bridgehead atoms. The number of hydrogen-bond acceptors (Lipinski definition) is 1. The quantitative estimate of drug-likeness (QED) is 0.725. The van der Waals surface area contributed by atoms with Gasteiger partial charge in [0.1, 0.15) is 0 Å². The van der Waals surface area contributed by atoms with Crippen molar-refractivity contribution in [3.63, 3.8) is 0 Å². The number of nitrogens with zero attached hydrogens (tertiary/aromatic N) is 1. The fraction of sp³-hybridized carbons (Fsp3) is 0.462. The maximum Gasteiger partial charge on any atom is 0.228 e. The molecule has 0 fully saturated rings. The average molecular weight is 238 g/mol. The second-order valence-electron chi connectivity index (χ2n) is 4.17. The number of alkyl halides is 1. The summed E-state index contributed by atoms with van der Waals surface area (Å²) in [6.45, 7) is 2.89. The van der Waals surface area contributed by atoms with Crippen LogP contribution in [0.2, 0.25) is 0 Å². The molecule has 2 nitrogen and oxygen atoms in total. The van der Waals surface area contributed by atoms with Gasteiger partial charge in [-0.2, -0.15) is 0 Å². The van der Waals surface area contributed by atoms with Crippen LogP contribution in [0.25, 0.3) is 0 Å². The number of anilines is 1. The van der Waals surface area contributed by atoms with E-state index in [-0.39, 0.29) is 5.91 Å². The van der Waals surface area contributed by atoms with E-state index in [1.54, 1.807) is 0 Å². The summed E-state index contributed by atoms with van der Waals surface area (Å²) < 4.78 is 0. The summed E-state index contributed by atoms with van der Waals surface area (Å²) in [7, 11) is 0. The van der Waals surface area contributed by atoms with Crippen LogP contribution in [-0.4, -0.2) is 18.3 Å². The molecule has 3 heteroatoms. The zero-order valence-electron chi connectivity index (χ0n) is 9.50. The number of carbonyl (C=O) groups is 1. The Labute approximate surface area is 101 Å². The molecule has 0 aromatic heterocycles. The Morgan fingerprint density at radius 2 is 2.31 bits per heavy atom. The molecule has 0 saturated heterocycles. The molecule has 0 saturated carbocycles. The van der Waals surface area contributed by atoms with E-state index >= 15 is 0 Å². The number of carbonyl (C=O) groups excluding carboxylic acids is 1. The summed E-state index contributed by atoms with van der Waals surface area (Å²) in [5.41, 5.74) is 3.58. The molecule has 1 amide bonds. The van der Waals surface area contributed by atoms with E-state index in [0.717, 1.165) is 25.1 Å². The molecule has 0 unspecified atom stereocenters. The van der Waals surface area contributed by atoms with Crippen molar-refractivity contribution in [1.29, 1.82) is 0 Å². The Morgan fingerprint density at radius 3 is 3.06 bits per heavy atom. The fourth-order valence-electron chi connectivity index (χ4n) is 2.31. The second-order valence-corrected chi connectivity index (χ2v) is 4.55. The molecular weight excluding hydrogens is 222 g/mol. The van der Waals surface area contributed by atoms with Crippen LogP contribution in [-0.2, 0) is 11.2 Å². The summed E-state index contributed by atoms with van der Waals surface area (Å²) in [5, 5.41) is 0. The highest BCUT2D eigenvalue weighted by Crippen LogP contribution is 2.30. The van der Waals surface area contributed by atoms with E-state index < -0.39 is 0 Å². The standard InChI is InChI=1S/C13H16ClNO/c1-10-4-2-5-11-6-3-9-15(13(10)11)12(16)7-8-14/h2,4-5H,3,6-9H2,1H3. The van der Waals surface area contributed by atoms with E-state index in [9.17, 15) is 4.79 Å². The van der Waals surface area contributed by atoms with Crippen molar-refractivity contribution in [3.8, 4) is 0 Å². The summed E-state index contributed by atoms with van der Waals surface area (Å²) in [6.07, 6.45) is 2.54. The molecule has 1 aliphatic rings. The van der Waals surface area contributed by atoms with Crippen molar-refractivity contribution >= 4 is 23.2 Å². The van der Waals surface area contributed by atoms with Crippen LogP contribution in [0.3, 0.4) is 0 Å². The van der Waals surface area contributed by atoms with Gasteiger partial charge in [-0.25, -0.2) is 0 Å². The minimum atomic E-state index is 0.144. The molecule has 2 rings (SSSR count). The van der Waals surface area contributed by atoms with Crippen LogP contribution in [0.15, 0.2) is 18.2 Å². The molecule has 0 radical (unpaired) electrons. The fourth-order valence-corrected chi connectivity index (χ4v) is 2.47. The molecule has 86 valence electrons. The third-order valence-corrected chi connectivity index (χ3v) is 3.22. The lowest BCUT2D eigenvalue weighted by Crippen LogP contribution is -2.36. The first kappa shape index (κ1) is 11.5. The van der Waals surface area contributed by atoms with E-state index in [2.05, 4.69) is 25.1 Å². The number of fused-ring (bicyclic) bond motifs is 1. The summed E-state index contributed by atoms with van der Waals surface area (Å²) in [6, 6.07) is 6.23. The summed E-state index contributed by atoms with van der Waals surface area (Å²) >= 11 is 5.63. The predicted octanol–water partition coefficient (Wildman–Crippen LogP) is 2.90. The van der Waals surface area contributed by atoms with Crippen molar-refractivity contribution in [2.45, 2.75) is 26.2 Å². The van der Waals surface area contributed by atoms with Crippen LogP contribution in [0, 0.1) is 6.92 Å². The lowest BCUT2D eigenvalue weighted by molar-refractivity contribution is -0.118. The number of halogens is 1. The summed E-state index contributed by atoms with van der Waals surface area (Å²) in [4.78, 5) is 13.9. The summed E-state index contributed by atoms with van der Waals surface area (Å²) in [5.74, 6) is 0.543. The van der Waals surface area contributed by atoms with E-state index in [4.69, 9.17) is 11.6 Å². The first-order chi connectivity index (χ1) is 7.74. The zero-order valence-corrected chi connectivity index (χ0v) is 10.3. The van der Waals surface area contributed by atoms with Crippen molar-refractivity contribution < 1.29 is 4.79 Å². The first-order valence-electron chi connectivity index (χ1n) is 5.69. The SMILES string of the molecule is Cc1cccc2c1N(C(=O)CCCl)CCC2. The van der Waals surface area contributed by atoms with Gasteiger partial charge in [0, 0.05) is 24.5 Å². The minimum absolute atomic E-state index is 0.144. The van der Waals surface area contributed by atoms with Gasteiger partial charge in [-0.05, 0) is 30.9 Å².